The molecule has 2 heterocycles. The first-order valence-electron chi connectivity index (χ1n) is 9.68. The van der Waals surface area contributed by atoms with Crippen LogP contribution < -0.4 is 5.56 Å². The summed E-state index contributed by atoms with van der Waals surface area (Å²) in [6.07, 6.45) is 1.65. The van der Waals surface area contributed by atoms with Crippen LogP contribution in [0.3, 0.4) is 0 Å². The Bertz CT molecular complexity index is 1210. The van der Waals surface area contributed by atoms with Gasteiger partial charge in [0.1, 0.15) is 0 Å². The smallest absolute Gasteiger partial charge is 0.251 e. The van der Waals surface area contributed by atoms with Gasteiger partial charge in [-0.15, -0.1) is 11.8 Å². The highest BCUT2D eigenvalue weighted by atomic mass is 32.2. The van der Waals surface area contributed by atoms with Gasteiger partial charge >= 0.3 is 0 Å². The molecule has 0 bridgehead atoms. The normalized spacial score (nSPS) is 13.0. The van der Waals surface area contributed by atoms with Crippen LogP contribution in [-0.2, 0) is 19.4 Å². The van der Waals surface area contributed by atoms with Crippen LogP contribution in [0, 0.1) is 0 Å². The van der Waals surface area contributed by atoms with Gasteiger partial charge in [0.2, 0.25) is 0 Å². The Morgan fingerprint density at radius 2 is 1.61 bits per heavy atom. The third-order valence-electron chi connectivity index (χ3n) is 5.49. The van der Waals surface area contributed by atoms with Gasteiger partial charge in [-0.1, -0.05) is 72.8 Å². The second kappa shape index (κ2) is 7.33. The van der Waals surface area contributed by atoms with Gasteiger partial charge < -0.3 is 4.57 Å². The number of thioether (sulfide) groups is 1. The Kier molecular flexibility index (Phi) is 4.53. The van der Waals surface area contributed by atoms with Crippen LogP contribution in [0.15, 0.2) is 88.7 Å². The third kappa shape index (κ3) is 3.16. The minimum absolute atomic E-state index is 0.132. The van der Waals surface area contributed by atoms with E-state index < -0.39 is 0 Å². The molecule has 0 saturated carbocycles. The number of benzene rings is 3. The summed E-state index contributed by atoms with van der Waals surface area (Å²) in [5.41, 5.74) is 5.16. The average Bonchev–Trinajstić information content (AvgIpc) is 3.23. The molecule has 138 valence electrons. The van der Waals surface area contributed by atoms with Gasteiger partial charge in [-0.3, -0.25) is 4.79 Å². The minimum atomic E-state index is 0.132. The van der Waals surface area contributed by atoms with Crippen molar-refractivity contribution in [2.24, 2.45) is 0 Å². The van der Waals surface area contributed by atoms with Gasteiger partial charge in [0.25, 0.3) is 5.56 Å². The molecule has 0 aliphatic carbocycles. The zero-order valence-corrected chi connectivity index (χ0v) is 16.4. The van der Waals surface area contributed by atoms with Crippen molar-refractivity contribution in [2.45, 2.75) is 24.4 Å². The molecule has 1 aliphatic heterocycles. The molecule has 0 N–H and O–H groups in total. The van der Waals surface area contributed by atoms with Gasteiger partial charge in [-0.05, 0) is 39.4 Å². The lowest BCUT2D eigenvalue weighted by atomic mass is 9.94. The van der Waals surface area contributed by atoms with Crippen molar-refractivity contribution in [2.75, 3.05) is 5.75 Å². The molecule has 1 aliphatic rings. The molecule has 0 amide bonds. The van der Waals surface area contributed by atoms with Crippen molar-refractivity contribution >= 4 is 22.5 Å². The van der Waals surface area contributed by atoms with Gasteiger partial charge in [0.05, 0.1) is 5.03 Å². The zero-order chi connectivity index (χ0) is 18.9. The largest absolute Gasteiger partial charge is 0.302 e. The zero-order valence-electron chi connectivity index (χ0n) is 15.6. The summed E-state index contributed by atoms with van der Waals surface area (Å²) in [4.78, 5) is 12.7. The van der Waals surface area contributed by atoms with E-state index in [9.17, 15) is 4.79 Å². The first kappa shape index (κ1) is 17.3. The van der Waals surface area contributed by atoms with E-state index in [1.165, 1.54) is 27.5 Å². The van der Waals surface area contributed by atoms with Gasteiger partial charge in [-0.2, -0.15) is 0 Å². The first-order chi connectivity index (χ1) is 13.8. The molecule has 0 atom stereocenters. The van der Waals surface area contributed by atoms with E-state index in [1.54, 1.807) is 0 Å². The number of aromatic nitrogens is 1. The van der Waals surface area contributed by atoms with Crippen molar-refractivity contribution in [1.29, 1.82) is 0 Å². The lowest BCUT2D eigenvalue weighted by Crippen LogP contribution is -2.21. The van der Waals surface area contributed by atoms with Crippen LogP contribution in [0.4, 0.5) is 0 Å². The molecule has 3 heteroatoms. The number of hydrogen-bond acceptors (Lipinski definition) is 2. The Morgan fingerprint density at radius 1 is 0.821 bits per heavy atom. The van der Waals surface area contributed by atoms with Crippen molar-refractivity contribution in [3.8, 4) is 0 Å². The fourth-order valence-electron chi connectivity index (χ4n) is 4.12. The fraction of sp³-hybridized carbons (Fsp3) is 0.160. The maximum atomic E-state index is 12.7. The van der Waals surface area contributed by atoms with Crippen molar-refractivity contribution < 1.29 is 0 Å². The highest BCUT2D eigenvalue weighted by Gasteiger charge is 2.21. The molecule has 28 heavy (non-hydrogen) atoms. The molecular weight excluding hydrogens is 362 g/mol. The molecule has 2 nitrogen and oxygen atoms in total. The molecule has 3 aromatic carbocycles. The van der Waals surface area contributed by atoms with Gasteiger partial charge in [-0.25, -0.2) is 0 Å². The summed E-state index contributed by atoms with van der Waals surface area (Å²) in [7, 11) is 0. The van der Waals surface area contributed by atoms with Gasteiger partial charge in [0.15, 0.2) is 0 Å². The molecular formula is C25H21NOS. The predicted octanol–water partition coefficient (Wildman–Crippen LogP) is 5.29. The van der Waals surface area contributed by atoms with Crippen molar-refractivity contribution in [3.63, 3.8) is 0 Å². The highest BCUT2D eigenvalue weighted by molar-refractivity contribution is 7.99. The van der Waals surface area contributed by atoms with Gasteiger partial charge in [0, 0.05) is 24.8 Å². The maximum absolute atomic E-state index is 12.7. The van der Waals surface area contributed by atoms with Crippen LogP contribution >= 0.6 is 11.8 Å². The maximum Gasteiger partial charge on any atom is 0.251 e. The fourth-order valence-corrected chi connectivity index (χ4v) is 5.31. The summed E-state index contributed by atoms with van der Waals surface area (Å²) < 4.78 is 1.95. The van der Waals surface area contributed by atoms with Crippen molar-refractivity contribution in [1.82, 2.24) is 4.57 Å². The van der Waals surface area contributed by atoms with Crippen LogP contribution in [0.5, 0.6) is 0 Å². The lowest BCUT2D eigenvalue weighted by Gasteiger charge is -2.16. The quantitative estimate of drug-likeness (QED) is 0.478. The van der Waals surface area contributed by atoms with E-state index in [4.69, 9.17) is 0 Å². The summed E-state index contributed by atoms with van der Waals surface area (Å²) in [6.45, 7) is 0.815. The van der Waals surface area contributed by atoms with E-state index in [-0.39, 0.29) is 5.56 Å². The molecule has 0 radical (unpaired) electrons. The minimum Gasteiger partial charge on any atom is -0.302 e. The molecule has 0 spiro atoms. The van der Waals surface area contributed by atoms with Crippen LogP contribution in [0.1, 0.15) is 22.3 Å². The summed E-state index contributed by atoms with van der Waals surface area (Å²) in [6, 6.07) is 27.4. The third-order valence-corrected chi connectivity index (χ3v) is 6.62. The predicted molar refractivity (Wildman–Crippen MR) is 117 cm³/mol. The van der Waals surface area contributed by atoms with E-state index in [0.717, 1.165) is 35.7 Å². The number of pyridine rings is 1. The monoisotopic (exact) mass is 383 g/mol. The number of nitrogens with zero attached hydrogens (tertiary/aromatic N) is 1. The topological polar surface area (TPSA) is 22.0 Å². The molecule has 5 rings (SSSR count). The molecule has 0 fully saturated rings. The standard InChI is InChI=1S/C25H21NOS/c27-24-17-21(16-20-11-6-10-19-9-4-5-12-22(19)20)23(25-26(24)13-14-28-25)15-18-7-2-1-3-8-18/h1-12,17H,13-16H2. The second-order valence-corrected chi connectivity index (χ2v) is 8.35. The summed E-state index contributed by atoms with van der Waals surface area (Å²) >= 11 is 1.82. The molecule has 0 unspecified atom stereocenters. The van der Waals surface area contributed by atoms with Crippen LogP contribution in [0.2, 0.25) is 0 Å². The first-order valence-corrected chi connectivity index (χ1v) is 10.7. The van der Waals surface area contributed by atoms with Crippen LogP contribution in [0.25, 0.3) is 10.8 Å². The Labute approximate surface area is 168 Å². The Balaban J connectivity index is 1.64. The summed E-state index contributed by atoms with van der Waals surface area (Å²) in [5.74, 6) is 0.981. The number of rotatable bonds is 4. The average molecular weight is 384 g/mol. The molecule has 0 saturated heterocycles. The lowest BCUT2D eigenvalue weighted by molar-refractivity contribution is 0.675. The number of hydrogen-bond donors (Lipinski definition) is 0. The Hall–Kier alpha value is -2.78. The van der Waals surface area contributed by atoms with E-state index in [2.05, 4.69) is 72.8 Å². The molecule has 4 aromatic rings. The second-order valence-electron chi connectivity index (χ2n) is 7.27. The van der Waals surface area contributed by atoms with E-state index >= 15 is 0 Å². The van der Waals surface area contributed by atoms with Crippen molar-refractivity contribution in [3.05, 3.63) is 111 Å². The van der Waals surface area contributed by atoms with E-state index in [0.29, 0.717) is 0 Å². The van der Waals surface area contributed by atoms with E-state index in [1.807, 2.05) is 22.4 Å². The highest BCUT2D eigenvalue weighted by Crippen LogP contribution is 2.33. The summed E-state index contributed by atoms with van der Waals surface area (Å²) in [5, 5.41) is 3.67. The Morgan fingerprint density at radius 3 is 2.50 bits per heavy atom. The SMILES string of the molecule is O=c1cc(Cc2cccc3ccccc23)c(Cc2ccccc2)c2n1CCS2. The molecule has 1 aromatic heterocycles. The number of fused-ring (bicyclic) bond motifs is 2. The van der Waals surface area contributed by atoms with Crippen LogP contribution in [-0.4, -0.2) is 10.3 Å².